The van der Waals surface area contributed by atoms with Crippen LogP contribution in [0.4, 0.5) is 5.69 Å². The summed E-state index contributed by atoms with van der Waals surface area (Å²) in [6.45, 7) is 1.83. The van der Waals surface area contributed by atoms with E-state index in [0.717, 1.165) is 5.56 Å². The molecule has 1 aromatic rings. The lowest BCUT2D eigenvalue weighted by atomic mass is 9.97. The number of carbonyl (C=O) groups is 1. The molecule has 14 heavy (non-hydrogen) atoms. The van der Waals surface area contributed by atoms with Gasteiger partial charge in [-0.1, -0.05) is 18.5 Å². The zero-order chi connectivity index (χ0) is 10.7. The van der Waals surface area contributed by atoms with E-state index >= 15 is 0 Å². The minimum atomic E-state index is -0.823. The first-order valence-corrected chi connectivity index (χ1v) is 4.64. The normalized spacial score (nSPS) is 12.4. The number of benzene rings is 1. The summed E-state index contributed by atoms with van der Waals surface area (Å²) >= 11 is 5.80. The van der Waals surface area contributed by atoms with Crippen LogP contribution in [0, 0.1) is 0 Å². The number of nitrogens with two attached hydrogens (primary N) is 1. The SMILES string of the molecule is CC(CC(=O)O)c1cc(N)cc(Cl)c1. The quantitative estimate of drug-likeness (QED) is 0.759. The van der Waals surface area contributed by atoms with Crippen LogP contribution in [0.1, 0.15) is 24.8 Å². The van der Waals surface area contributed by atoms with Gasteiger partial charge < -0.3 is 10.8 Å². The molecular formula is C10H12ClNO2. The van der Waals surface area contributed by atoms with E-state index in [4.69, 9.17) is 22.4 Å². The Bertz CT molecular complexity index is 332. The number of carboxylic acid groups (broad SMARTS) is 1. The number of halogens is 1. The van der Waals surface area contributed by atoms with Gasteiger partial charge in [-0.25, -0.2) is 0 Å². The Balaban J connectivity index is 2.89. The molecule has 0 aliphatic carbocycles. The largest absolute Gasteiger partial charge is 0.481 e. The molecule has 0 heterocycles. The summed E-state index contributed by atoms with van der Waals surface area (Å²) in [6.07, 6.45) is 0.0831. The molecule has 3 nitrogen and oxygen atoms in total. The molecule has 0 bridgehead atoms. The number of rotatable bonds is 3. The second-order valence-corrected chi connectivity index (χ2v) is 3.75. The molecule has 0 fully saturated rings. The van der Waals surface area contributed by atoms with Crippen molar-refractivity contribution in [2.75, 3.05) is 5.73 Å². The highest BCUT2D eigenvalue weighted by Gasteiger charge is 2.10. The summed E-state index contributed by atoms with van der Waals surface area (Å²) in [5, 5.41) is 9.16. The smallest absolute Gasteiger partial charge is 0.303 e. The van der Waals surface area contributed by atoms with Crippen molar-refractivity contribution in [3.8, 4) is 0 Å². The molecule has 1 unspecified atom stereocenters. The van der Waals surface area contributed by atoms with Crippen LogP contribution in [-0.2, 0) is 4.79 Å². The van der Waals surface area contributed by atoms with Gasteiger partial charge in [0.1, 0.15) is 0 Å². The molecule has 0 saturated carbocycles. The third-order valence-corrected chi connectivity index (χ3v) is 2.21. The lowest BCUT2D eigenvalue weighted by Gasteiger charge is -2.10. The average Bonchev–Trinajstić information content (AvgIpc) is 2.00. The van der Waals surface area contributed by atoms with Crippen LogP contribution in [0.15, 0.2) is 18.2 Å². The second-order valence-electron chi connectivity index (χ2n) is 3.32. The number of carboxylic acids is 1. The number of nitrogen functional groups attached to an aromatic ring is 1. The van der Waals surface area contributed by atoms with E-state index in [0.29, 0.717) is 10.7 Å². The van der Waals surface area contributed by atoms with Crippen LogP contribution >= 0.6 is 11.6 Å². The van der Waals surface area contributed by atoms with Crippen molar-refractivity contribution in [3.05, 3.63) is 28.8 Å². The Morgan fingerprint density at radius 2 is 2.21 bits per heavy atom. The van der Waals surface area contributed by atoms with E-state index < -0.39 is 5.97 Å². The molecule has 0 aliphatic heterocycles. The molecule has 0 amide bonds. The molecule has 76 valence electrons. The van der Waals surface area contributed by atoms with Gasteiger partial charge in [0.2, 0.25) is 0 Å². The van der Waals surface area contributed by atoms with Gasteiger partial charge in [-0.05, 0) is 29.7 Å². The summed E-state index contributed by atoms with van der Waals surface area (Å²) in [4.78, 5) is 10.5. The van der Waals surface area contributed by atoms with Gasteiger partial charge in [0.05, 0.1) is 6.42 Å². The Kier molecular flexibility index (Phi) is 3.36. The number of aliphatic carboxylic acids is 1. The Morgan fingerprint density at radius 1 is 1.57 bits per heavy atom. The summed E-state index contributed by atoms with van der Waals surface area (Å²) in [5.41, 5.74) is 7.01. The van der Waals surface area contributed by atoms with Gasteiger partial charge >= 0.3 is 5.97 Å². The fourth-order valence-corrected chi connectivity index (χ4v) is 1.55. The average molecular weight is 214 g/mol. The Morgan fingerprint density at radius 3 is 2.71 bits per heavy atom. The topological polar surface area (TPSA) is 63.3 Å². The summed E-state index contributed by atoms with van der Waals surface area (Å²) in [5.74, 6) is -0.899. The maximum Gasteiger partial charge on any atom is 0.303 e. The molecule has 1 aromatic carbocycles. The van der Waals surface area contributed by atoms with Crippen molar-refractivity contribution in [2.24, 2.45) is 0 Å². The predicted octanol–water partition coefficient (Wildman–Crippen LogP) is 2.50. The molecule has 4 heteroatoms. The summed E-state index contributed by atoms with van der Waals surface area (Å²) in [6, 6.07) is 5.13. The minimum absolute atomic E-state index is 0.0755. The van der Waals surface area contributed by atoms with Crippen molar-refractivity contribution in [1.82, 2.24) is 0 Å². The first kappa shape index (κ1) is 10.9. The van der Waals surface area contributed by atoms with Crippen molar-refractivity contribution in [1.29, 1.82) is 0 Å². The zero-order valence-electron chi connectivity index (χ0n) is 7.83. The molecule has 0 spiro atoms. The van der Waals surface area contributed by atoms with Crippen LogP contribution in [0.5, 0.6) is 0 Å². The van der Waals surface area contributed by atoms with Gasteiger partial charge in [-0.2, -0.15) is 0 Å². The third kappa shape index (κ3) is 2.92. The number of hydrogen-bond donors (Lipinski definition) is 2. The fourth-order valence-electron chi connectivity index (χ4n) is 1.30. The second kappa shape index (κ2) is 4.33. The van der Waals surface area contributed by atoms with Crippen LogP contribution in [0.3, 0.4) is 0 Å². The lowest BCUT2D eigenvalue weighted by Crippen LogP contribution is -2.03. The van der Waals surface area contributed by atoms with Crippen LogP contribution in [0.2, 0.25) is 5.02 Å². The van der Waals surface area contributed by atoms with Gasteiger partial charge in [-0.3, -0.25) is 4.79 Å². The minimum Gasteiger partial charge on any atom is -0.481 e. The van der Waals surface area contributed by atoms with Crippen molar-refractivity contribution < 1.29 is 9.90 Å². The highest BCUT2D eigenvalue weighted by Crippen LogP contribution is 2.25. The lowest BCUT2D eigenvalue weighted by molar-refractivity contribution is -0.137. The highest BCUT2D eigenvalue weighted by atomic mass is 35.5. The monoisotopic (exact) mass is 213 g/mol. The number of hydrogen-bond acceptors (Lipinski definition) is 2. The highest BCUT2D eigenvalue weighted by molar-refractivity contribution is 6.30. The van der Waals surface area contributed by atoms with Gasteiger partial charge in [-0.15, -0.1) is 0 Å². The van der Waals surface area contributed by atoms with Crippen LogP contribution < -0.4 is 5.73 Å². The molecule has 1 atom stereocenters. The maximum atomic E-state index is 10.5. The van der Waals surface area contributed by atoms with E-state index in [1.165, 1.54) is 0 Å². The zero-order valence-corrected chi connectivity index (χ0v) is 8.58. The van der Waals surface area contributed by atoms with Crippen molar-refractivity contribution in [2.45, 2.75) is 19.3 Å². The van der Waals surface area contributed by atoms with E-state index in [2.05, 4.69) is 0 Å². The van der Waals surface area contributed by atoms with E-state index in [-0.39, 0.29) is 12.3 Å². The molecule has 0 radical (unpaired) electrons. The van der Waals surface area contributed by atoms with E-state index in [9.17, 15) is 4.79 Å². The third-order valence-electron chi connectivity index (χ3n) is 1.99. The summed E-state index contributed by atoms with van der Waals surface area (Å²) < 4.78 is 0. The van der Waals surface area contributed by atoms with Gasteiger partial charge in [0, 0.05) is 10.7 Å². The van der Waals surface area contributed by atoms with Crippen molar-refractivity contribution in [3.63, 3.8) is 0 Å². The maximum absolute atomic E-state index is 10.5. The number of anilines is 1. The Hall–Kier alpha value is -1.22. The van der Waals surface area contributed by atoms with E-state index in [1.54, 1.807) is 18.2 Å². The molecule has 3 N–H and O–H groups in total. The Labute approximate surface area is 87.5 Å². The fraction of sp³-hybridized carbons (Fsp3) is 0.300. The first-order valence-electron chi connectivity index (χ1n) is 4.27. The molecular weight excluding hydrogens is 202 g/mol. The van der Waals surface area contributed by atoms with Crippen LogP contribution in [-0.4, -0.2) is 11.1 Å². The van der Waals surface area contributed by atoms with Gasteiger partial charge in [0.15, 0.2) is 0 Å². The van der Waals surface area contributed by atoms with E-state index in [1.807, 2.05) is 6.92 Å². The molecule has 0 aromatic heterocycles. The van der Waals surface area contributed by atoms with Gasteiger partial charge in [0.25, 0.3) is 0 Å². The van der Waals surface area contributed by atoms with Crippen molar-refractivity contribution >= 4 is 23.3 Å². The standard InChI is InChI=1S/C10H12ClNO2/c1-6(2-10(13)14)7-3-8(11)5-9(12)4-7/h3-6H,2,12H2,1H3,(H,13,14). The predicted molar refractivity (Wildman–Crippen MR) is 56.5 cm³/mol. The molecule has 1 rings (SSSR count). The molecule has 0 saturated heterocycles. The summed E-state index contributed by atoms with van der Waals surface area (Å²) in [7, 11) is 0. The first-order chi connectivity index (χ1) is 6.49. The van der Waals surface area contributed by atoms with Crippen LogP contribution in [0.25, 0.3) is 0 Å². The molecule has 0 aliphatic rings.